The molecule has 23 heavy (non-hydrogen) atoms. The van der Waals surface area contributed by atoms with Crippen LogP contribution in [0.4, 0.5) is 5.69 Å². The third-order valence-electron chi connectivity index (χ3n) is 3.52. The molecular formula is C19H18N2O2. The van der Waals surface area contributed by atoms with Crippen LogP contribution in [0.25, 0.3) is 10.9 Å². The molecule has 116 valence electrons. The largest absolute Gasteiger partial charge is 0.484 e. The van der Waals surface area contributed by atoms with Gasteiger partial charge in [0.05, 0.1) is 11.2 Å². The predicted octanol–water partition coefficient (Wildman–Crippen LogP) is 3.87. The number of anilines is 1. The van der Waals surface area contributed by atoms with Gasteiger partial charge in [-0.2, -0.15) is 0 Å². The van der Waals surface area contributed by atoms with Crippen LogP contribution in [0.2, 0.25) is 0 Å². The molecule has 2 aromatic carbocycles. The summed E-state index contributed by atoms with van der Waals surface area (Å²) in [6.45, 7) is 3.90. The molecule has 1 heterocycles. The Kier molecular flexibility index (Phi) is 4.24. The van der Waals surface area contributed by atoms with Crippen molar-refractivity contribution in [2.75, 3.05) is 11.9 Å². The van der Waals surface area contributed by atoms with E-state index in [-0.39, 0.29) is 12.5 Å². The number of para-hydroxylation sites is 1. The number of amides is 1. The lowest BCUT2D eigenvalue weighted by atomic mass is 10.1. The van der Waals surface area contributed by atoms with Crippen LogP contribution in [-0.2, 0) is 4.79 Å². The standard InChI is InChI=1S/C19H18N2O2/c1-13-6-10-16(11-7-13)23-12-18(22)21-17-5-3-4-15-9-8-14(2)20-19(15)17/h3-11H,12H2,1-2H3,(H,21,22). The van der Waals surface area contributed by atoms with Gasteiger partial charge in [0.25, 0.3) is 5.91 Å². The first-order valence-electron chi connectivity index (χ1n) is 7.47. The topological polar surface area (TPSA) is 51.2 Å². The highest BCUT2D eigenvalue weighted by Gasteiger charge is 2.08. The molecule has 4 nitrogen and oxygen atoms in total. The Morgan fingerprint density at radius 1 is 1.04 bits per heavy atom. The van der Waals surface area contributed by atoms with E-state index in [1.807, 2.05) is 68.4 Å². The molecule has 0 saturated heterocycles. The van der Waals surface area contributed by atoms with Gasteiger partial charge in [-0.15, -0.1) is 0 Å². The number of carbonyl (C=O) groups is 1. The number of rotatable bonds is 4. The molecule has 0 fully saturated rings. The van der Waals surface area contributed by atoms with Crippen LogP contribution in [0.15, 0.2) is 54.6 Å². The van der Waals surface area contributed by atoms with E-state index in [2.05, 4.69) is 10.3 Å². The molecule has 0 aliphatic heterocycles. The Balaban J connectivity index is 1.70. The Bertz CT molecular complexity index is 842. The van der Waals surface area contributed by atoms with E-state index in [1.165, 1.54) is 0 Å². The average molecular weight is 306 g/mol. The summed E-state index contributed by atoms with van der Waals surface area (Å²) in [5, 5.41) is 3.86. The van der Waals surface area contributed by atoms with Gasteiger partial charge in [0.2, 0.25) is 0 Å². The fourth-order valence-corrected chi connectivity index (χ4v) is 2.32. The van der Waals surface area contributed by atoms with Gasteiger partial charge in [-0.05, 0) is 38.1 Å². The van der Waals surface area contributed by atoms with Crippen LogP contribution in [0, 0.1) is 13.8 Å². The number of hydrogen-bond donors (Lipinski definition) is 1. The van der Waals surface area contributed by atoms with Gasteiger partial charge in [-0.3, -0.25) is 9.78 Å². The minimum Gasteiger partial charge on any atom is -0.484 e. The molecule has 0 aliphatic carbocycles. The lowest BCUT2D eigenvalue weighted by Crippen LogP contribution is -2.20. The Hall–Kier alpha value is -2.88. The highest BCUT2D eigenvalue weighted by atomic mass is 16.5. The van der Waals surface area contributed by atoms with Crippen molar-refractivity contribution in [2.45, 2.75) is 13.8 Å². The molecule has 4 heteroatoms. The first-order chi connectivity index (χ1) is 11.1. The highest BCUT2D eigenvalue weighted by Crippen LogP contribution is 2.21. The molecule has 0 saturated carbocycles. The molecule has 0 unspecified atom stereocenters. The zero-order valence-electron chi connectivity index (χ0n) is 13.2. The monoisotopic (exact) mass is 306 g/mol. The summed E-state index contributed by atoms with van der Waals surface area (Å²) in [7, 11) is 0. The summed E-state index contributed by atoms with van der Waals surface area (Å²) in [6.07, 6.45) is 0. The molecule has 0 bridgehead atoms. The van der Waals surface area contributed by atoms with Crippen molar-refractivity contribution in [1.29, 1.82) is 0 Å². The van der Waals surface area contributed by atoms with E-state index in [0.717, 1.165) is 22.2 Å². The van der Waals surface area contributed by atoms with Crippen molar-refractivity contribution in [2.24, 2.45) is 0 Å². The quantitative estimate of drug-likeness (QED) is 0.796. The second-order valence-corrected chi connectivity index (χ2v) is 5.48. The number of fused-ring (bicyclic) bond motifs is 1. The minimum absolute atomic E-state index is 0.0364. The van der Waals surface area contributed by atoms with Crippen LogP contribution < -0.4 is 10.1 Å². The Morgan fingerprint density at radius 2 is 1.83 bits per heavy atom. The Labute approximate surface area is 135 Å². The number of nitrogens with one attached hydrogen (secondary N) is 1. The van der Waals surface area contributed by atoms with Crippen molar-refractivity contribution in [3.05, 3.63) is 65.9 Å². The smallest absolute Gasteiger partial charge is 0.262 e. The fourth-order valence-electron chi connectivity index (χ4n) is 2.32. The zero-order chi connectivity index (χ0) is 16.2. The average Bonchev–Trinajstić information content (AvgIpc) is 2.55. The van der Waals surface area contributed by atoms with Crippen LogP contribution >= 0.6 is 0 Å². The fraction of sp³-hybridized carbons (Fsp3) is 0.158. The van der Waals surface area contributed by atoms with Crippen molar-refractivity contribution in [1.82, 2.24) is 4.98 Å². The van der Waals surface area contributed by atoms with E-state index in [0.29, 0.717) is 11.4 Å². The second kappa shape index (κ2) is 6.48. The summed E-state index contributed by atoms with van der Waals surface area (Å²) in [4.78, 5) is 16.6. The SMILES string of the molecule is Cc1ccc(OCC(=O)Nc2cccc3ccc(C)nc23)cc1. The maximum absolute atomic E-state index is 12.1. The summed E-state index contributed by atoms with van der Waals surface area (Å²) in [6, 6.07) is 17.3. The summed E-state index contributed by atoms with van der Waals surface area (Å²) in [5.74, 6) is 0.471. The molecule has 1 N–H and O–H groups in total. The van der Waals surface area contributed by atoms with Crippen LogP contribution in [0.5, 0.6) is 5.75 Å². The van der Waals surface area contributed by atoms with Crippen molar-refractivity contribution >= 4 is 22.5 Å². The van der Waals surface area contributed by atoms with Gasteiger partial charge in [0.1, 0.15) is 5.75 Å². The number of hydrogen-bond acceptors (Lipinski definition) is 3. The molecule has 3 rings (SSSR count). The van der Waals surface area contributed by atoms with Gasteiger partial charge in [-0.25, -0.2) is 0 Å². The lowest BCUT2D eigenvalue weighted by molar-refractivity contribution is -0.118. The molecule has 0 atom stereocenters. The number of aryl methyl sites for hydroxylation is 2. The number of ether oxygens (including phenoxy) is 1. The van der Waals surface area contributed by atoms with Gasteiger partial charge in [0, 0.05) is 11.1 Å². The van der Waals surface area contributed by atoms with E-state index in [1.54, 1.807) is 0 Å². The van der Waals surface area contributed by atoms with Crippen LogP contribution in [0.1, 0.15) is 11.3 Å². The molecule has 0 radical (unpaired) electrons. The first-order valence-corrected chi connectivity index (χ1v) is 7.47. The molecule has 0 spiro atoms. The number of carbonyl (C=O) groups excluding carboxylic acids is 1. The van der Waals surface area contributed by atoms with Gasteiger partial charge in [0.15, 0.2) is 6.61 Å². The lowest BCUT2D eigenvalue weighted by Gasteiger charge is -2.10. The van der Waals surface area contributed by atoms with Gasteiger partial charge >= 0.3 is 0 Å². The number of aromatic nitrogens is 1. The van der Waals surface area contributed by atoms with E-state index in [4.69, 9.17) is 4.74 Å². The van der Waals surface area contributed by atoms with Crippen molar-refractivity contribution in [3.8, 4) is 5.75 Å². The van der Waals surface area contributed by atoms with E-state index in [9.17, 15) is 4.79 Å². The second-order valence-electron chi connectivity index (χ2n) is 5.48. The molecule has 1 amide bonds. The molecular weight excluding hydrogens is 288 g/mol. The van der Waals surface area contributed by atoms with Gasteiger partial charge < -0.3 is 10.1 Å². The van der Waals surface area contributed by atoms with Crippen LogP contribution in [0.3, 0.4) is 0 Å². The maximum Gasteiger partial charge on any atom is 0.262 e. The molecule has 3 aromatic rings. The number of benzene rings is 2. The summed E-state index contributed by atoms with van der Waals surface area (Å²) < 4.78 is 5.50. The van der Waals surface area contributed by atoms with Gasteiger partial charge in [-0.1, -0.05) is 35.9 Å². The number of pyridine rings is 1. The summed E-state index contributed by atoms with van der Waals surface area (Å²) in [5.41, 5.74) is 3.55. The first kappa shape index (κ1) is 15.0. The zero-order valence-corrected chi connectivity index (χ0v) is 13.2. The third-order valence-corrected chi connectivity index (χ3v) is 3.52. The predicted molar refractivity (Wildman–Crippen MR) is 91.8 cm³/mol. The molecule has 1 aromatic heterocycles. The van der Waals surface area contributed by atoms with Crippen LogP contribution in [-0.4, -0.2) is 17.5 Å². The van der Waals surface area contributed by atoms with E-state index >= 15 is 0 Å². The van der Waals surface area contributed by atoms with Crippen molar-refractivity contribution < 1.29 is 9.53 Å². The summed E-state index contributed by atoms with van der Waals surface area (Å²) >= 11 is 0. The molecule has 0 aliphatic rings. The Morgan fingerprint density at radius 3 is 2.61 bits per heavy atom. The maximum atomic E-state index is 12.1. The minimum atomic E-state index is -0.207. The normalized spacial score (nSPS) is 10.5. The third kappa shape index (κ3) is 3.66. The number of nitrogens with zero attached hydrogens (tertiary/aromatic N) is 1. The van der Waals surface area contributed by atoms with E-state index < -0.39 is 0 Å². The van der Waals surface area contributed by atoms with Crippen molar-refractivity contribution in [3.63, 3.8) is 0 Å². The highest BCUT2D eigenvalue weighted by molar-refractivity contribution is 6.00.